The van der Waals surface area contributed by atoms with Gasteiger partial charge in [-0.25, -0.2) is 14.4 Å². The number of thioether (sulfide) groups is 1. The number of hydrogen-bond donors (Lipinski definition) is 2. The van der Waals surface area contributed by atoms with Crippen LogP contribution in [0.2, 0.25) is 0 Å². The molecule has 4 rings (SSSR count). The van der Waals surface area contributed by atoms with E-state index in [1.807, 2.05) is 6.07 Å². The zero-order chi connectivity index (χ0) is 24.1. The molecule has 11 heteroatoms. The van der Waals surface area contributed by atoms with Crippen LogP contribution in [0, 0.1) is 28.5 Å². The second kappa shape index (κ2) is 10.2. The lowest BCUT2D eigenvalue weighted by Crippen LogP contribution is -2.12. The summed E-state index contributed by atoms with van der Waals surface area (Å²) < 4.78 is 18.5. The molecule has 0 aliphatic rings. The third-order valence-corrected chi connectivity index (χ3v) is 6.38. The first kappa shape index (κ1) is 23.0. The van der Waals surface area contributed by atoms with Gasteiger partial charge in [-0.3, -0.25) is 4.79 Å². The van der Waals surface area contributed by atoms with Gasteiger partial charge in [-0.05, 0) is 36.4 Å². The molecule has 0 aliphatic heterocycles. The van der Waals surface area contributed by atoms with E-state index < -0.39 is 0 Å². The Morgan fingerprint density at radius 2 is 1.94 bits per heavy atom. The summed E-state index contributed by atoms with van der Waals surface area (Å²) >= 11 is 2.44. The largest absolute Gasteiger partial charge is 0.464 e. The van der Waals surface area contributed by atoms with Gasteiger partial charge in [0.05, 0.1) is 23.1 Å². The number of thiazole rings is 1. The van der Waals surface area contributed by atoms with Crippen molar-refractivity contribution in [3.63, 3.8) is 0 Å². The van der Waals surface area contributed by atoms with Gasteiger partial charge in [-0.1, -0.05) is 0 Å². The average Bonchev–Trinajstić information content (AvgIpc) is 3.52. The molecule has 3 heterocycles. The molecule has 0 spiro atoms. The van der Waals surface area contributed by atoms with E-state index in [9.17, 15) is 19.7 Å². The fourth-order valence-electron chi connectivity index (χ4n) is 3.08. The minimum absolute atomic E-state index is 0.0176. The van der Waals surface area contributed by atoms with Crippen LogP contribution < -0.4 is 11.1 Å². The molecule has 0 atom stereocenters. The highest BCUT2D eigenvalue weighted by molar-refractivity contribution is 7.99. The van der Waals surface area contributed by atoms with Crippen molar-refractivity contribution in [2.75, 3.05) is 16.8 Å². The highest BCUT2D eigenvalue weighted by Gasteiger charge is 2.22. The monoisotopic (exact) mass is 490 g/mol. The van der Waals surface area contributed by atoms with E-state index in [1.54, 1.807) is 29.6 Å². The molecule has 0 aliphatic carbocycles. The van der Waals surface area contributed by atoms with Gasteiger partial charge >= 0.3 is 0 Å². The fraction of sp³-hybridized carbons (Fsp3) is 0.0870. The van der Waals surface area contributed by atoms with Gasteiger partial charge in [-0.15, -0.1) is 23.1 Å². The third-order valence-electron chi connectivity index (χ3n) is 4.64. The number of nitrogen functional groups attached to an aromatic ring is 1. The van der Waals surface area contributed by atoms with Crippen LogP contribution in [0.15, 0.2) is 57.5 Å². The summed E-state index contributed by atoms with van der Waals surface area (Å²) in [4.78, 5) is 20.9. The number of furan rings is 1. The standard InChI is InChI=1S/C23H15FN6O2S2/c24-14-5-3-13(4-6-14)17-12-34-23(28-17)29-19(31)7-9-33-22-16(11-26)20(18-2-1-8-32-18)15(10-25)21(27)30-22/h1-6,8,12H,7,9H2,(H2,27,30)(H,28,29,31). The lowest BCUT2D eigenvalue weighted by molar-refractivity contribution is -0.115. The van der Waals surface area contributed by atoms with Crippen LogP contribution in [0.4, 0.5) is 15.3 Å². The SMILES string of the molecule is N#Cc1c(N)nc(SCCC(=O)Nc2nc(-c3ccc(F)cc3)cs2)c(C#N)c1-c1ccco1. The molecule has 0 radical (unpaired) electrons. The molecule has 8 nitrogen and oxygen atoms in total. The number of aromatic nitrogens is 2. The van der Waals surface area contributed by atoms with Crippen molar-refractivity contribution in [1.29, 1.82) is 10.5 Å². The molecule has 0 fully saturated rings. The van der Waals surface area contributed by atoms with Gasteiger partial charge in [0.15, 0.2) is 5.13 Å². The highest BCUT2D eigenvalue weighted by atomic mass is 32.2. The number of nitrogens with two attached hydrogens (primary N) is 1. The van der Waals surface area contributed by atoms with Gasteiger partial charge in [0.25, 0.3) is 0 Å². The van der Waals surface area contributed by atoms with E-state index in [0.29, 0.717) is 27.4 Å². The second-order valence-electron chi connectivity index (χ2n) is 6.82. The number of nitriles is 2. The Kier molecular flexibility index (Phi) is 6.87. The van der Waals surface area contributed by atoms with Crippen molar-refractivity contribution in [2.45, 2.75) is 11.4 Å². The maximum atomic E-state index is 13.1. The minimum atomic E-state index is -0.334. The number of carbonyl (C=O) groups is 1. The summed E-state index contributed by atoms with van der Waals surface area (Å²) in [7, 11) is 0. The molecule has 34 heavy (non-hydrogen) atoms. The molecule has 0 saturated carbocycles. The van der Waals surface area contributed by atoms with E-state index >= 15 is 0 Å². The zero-order valence-electron chi connectivity index (χ0n) is 17.4. The Morgan fingerprint density at radius 3 is 2.62 bits per heavy atom. The van der Waals surface area contributed by atoms with Crippen LogP contribution >= 0.6 is 23.1 Å². The van der Waals surface area contributed by atoms with E-state index in [2.05, 4.69) is 21.4 Å². The van der Waals surface area contributed by atoms with Crippen LogP contribution in [0.25, 0.3) is 22.6 Å². The Bertz CT molecular complexity index is 1420. The van der Waals surface area contributed by atoms with E-state index in [0.717, 1.165) is 5.56 Å². The van der Waals surface area contributed by atoms with Gasteiger partial charge in [0.1, 0.15) is 40.1 Å². The molecule has 3 N–H and O–H groups in total. The van der Waals surface area contributed by atoms with Gasteiger partial charge in [0.2, 0.25) is 5.91 Å². The predicted molar refractivity (Wildman–Crippen MR) is 127 cm³/mol. The number of nitrogens with one attached hydrogen (secondary N) is 1. The summed E-state index contributed by atoms with van der Waals surface area (Å²) in [5.74, 6) is 0.0313. The number of hydrogen-bond acceptors (Lipinski definition) is 9. The number of rotatable bonds is 7. The van der Waals surface area contributed by atoms with Crippen LogP contribution in [0.3, 0.4) is 0 Å². The van der Waals surface area contributed by atoms with E-state index in [1.165, 1.54) is 41.5 Å². The van der Waals surface area contributed by atoms with Crippen LogP contribution in [-0.2, 0) is 4.79 Å². The number of benzene rings is 1. The number of anilines is 2. The summed E-state index contributed by atoms with van der Waals surface area (Å²) in [6, 6.07) is 13.3. The summed E-state index contributed by atoms with van der Waals surface area (Å²) in [5.41, 5.74) is 7.84. The summed E-state index contributed by atoms with van der Waals surface area (Å²) in [5, 5.41) is 24.4. The molecule has 0 saturated heterocycles. The predicted octanol–water partition coefficient (Wildman–Crippen LogP) is 5.05. The second-order valence-corrected chi connectivity index (χ2v) is 8.76. The van der Waals surface area contributed by atoms with E-state index in [4.69, 9.17) is 10.2 Å². The number of halogens is 1. The van der Waals surface area contributed by atoms with Crippen molar-refractivity contribution >= 4 is 40.0 Å². The lowest BCUT2D eigenvalue weighted by Gasteiger charge is -2.11. The maximum absolute atomic E-state index is 13.1. The first-order valence-corrected chi connectivity index (χ1v) is 11.7. The normalized spacial score (nSPS) is 10.4. The average molecular weight is 491 g/mol. The quantitative estimate of drug-likeness (QED) is 0.343. The van der Waals surface area contributed by atoms with Crippen molar-refractivity contribution in [3.8, 4) is 34.7 Å². The molecule has 0 bridgehead atoms. The topological polar surface area (TPSA) is 142 Å². The Balaban J connectivity index is 1.43. The van der Waals surface area contributed by atoms with Crippen molar-refractivity contribution in [2.24, 2.45) is 0 Å². The van der Waals surface area contributed by atoms with Crippen LogP contribution in [0.1, 0.15) is 17.5 Å². The number of nitrogens with zero attached hydrogens (tertiary/aromatic N) is 4. The molecule has 4 aromatic rings. The lowest BCUT2D eigenvalue weighted by atomic mass is 10.0. The van der Waals surface area contributed by atoms with Crippen molar-refractivity contribution in [3.05, 3.63) is 65.0 Å². The number of pyridine rings is 1. The highest BCUT2D eigenvalue weighted by Crippen LogP contribution is 2.36. The first-order valence-electron chi connectivity index (χ1n) is 9.81. The Hall–Kier alpha value is -4.19. The van der Waals surface area contributed by atoms with Gasteiger partial charge in [0, 0.05) is 23.1 Å². The molecule has 1 amide bonds. The van der Waals surface area contributed by atoms with Crippen molar-refractivity contribution < 1.29 is 13.6 Å². The van der Waals surface area contributed by atoms with Crippen LogP contribution in [-0.4, -0.2) is 21.6 Å². The molecular formula is C23H15FN6O2S2. The number of amides is 1. The smallest absolute Gasteiger partial charge is 0.226 e. The van der Waals surface area contributed by atoms with Gasteiger partial charge in [-0.2, -0.15) is 10.5 Å². The number of carbonyl (C=O) groups excluding carboxylic acids is 1. The molecule has 0 unspecified atom stereocenters. The van der Waals surface area contributed by atoms with Gasteiger partial charge < -0.3 is 15.5 Å². The Labute approximate surface area is 201 Å². The Morgan fingerprint density at radius 1 is 1.18 bits per heavy atom. The minimum Gasteiger partial charge on any atom is -0.464 e. The van der Waals surface area contributed by atoms with Crippen LogP contribution in [0.5, 0.6) is 0 Å². The van der Waals surface area contributed by atoms with Crippen molar-refractivity contribution in [1.82, 2.24) is 9.97 Å². The first-order chi connectivity index (χ1) is 16.5. The molecular weight excluding hydrogens is 475 g/mol. The summed E-state index contributed by atoms with van der Waals surface area (Å²) in [6.45, 7) is 0. The molecule has 1 aromatic carbocycles. The molecule has 3 aromatic heterocycles. The molecule has 168 valence electrons. The fourth-order valence-corrected chi connectivity index (χ4v) is 4.75. The zero-order valence-corrected chi connectivity index (χ0v) is 19.0. The third kappa shape index (κ3) is 4.91. The summed E-state index contributed by atoms with van der Waals surface area (Å²) in [6.07, 6.45) is 1.56. The maximum Gasteiger partial charge on any atom is 0.226 e. The van der Waals surface area contributed by atoms with E-state index in [-0.39, 0.29) is 40.7 Å².